The number of rotatable bonds is 5. The highest BCUT2D eigenvalue weighted by atomic mass is 16.5. The first-order chi connectivity index (χ1) is 7.19. The minimum atomic E-state index is 0.161. The van der Waals surface area contributed by atoms with E-state index >= 15 is 0 Å². The number of aryl methyl sites for hydroxylation is 1. The highest BCUT2D eigenvalue weighted by Crippen LogP contribution is 2.19. The van der Waals surface area contributed by atoms with Crippen LogP contribution < -0.4 is 4.74 Å². The molecule has 0 atom stereocenters. The Bertz CT molecular complexity index is 367. The molecule has 0 spiro atoms. The molecule has 0 fully saturated rings. The van der Waals surface area contributed by atoms with E-state index in [1.54, 1.807) is 12.1 Å². The van der Waals surface area contributed by atoms with E-state index in [0.717, 1.165) is 16.9 Å². The molecule has 2 heteroatoms. The molecule has 0 N–H and O–H groups in total. The molecular weight excluding hydrogens is 188 g/mol. The van der Waals surface area contributed by atoms with Gasteiger partial charge in [-0.1, -0.05) is 19.6 Å². The van der Waals surface area contributed by atoms with Crippen LogP contribution in [-0.2, 0) is 0 Å². The van der Waals surface area contributed by atoms with Crippen molar-refractivity contribution in [3.8, 4) is 5.75 Å². The lowest BCUT2D eigenvalue weighted by Crippen LogP contribution is -1.99. The van der Waals surface area contributed by atoms with E-state index in [9.17, 15) is 4.79 Å². The first-order valence-corrected chi connectivity index (χ1v) is 5.06. The second kappa shape index (κ2) is 5.35. The molecule has 0 aliphatic heterocycles. The average Bonchev–Trinajstić information content (AvgIpc) is 2.26. The van der Waals surface area contributed by atoms with Crippen molar-refractivity contribution in [2.75, 3.05) is 6.61 Å². The van der Waals surface area contributed by atoms with Gasteiger partial charge >= 0.3 is 0 Å². The highest BCUT2D eigenvalue weighted by molar-refractivity contribution is 5.96. The van der Waals surface area contributed by atoms with Crippen LogP contribution in [0.5, 0.6) is 5.75 Å². The van der Waals surface area contributed by atoms with Gasteiger partial charge in [0.25, 0.3) is 0 Å². The largest absolute Gasteiger partial charge is 0.489 e. The number of hydrogen-bond donors (Lipinski definition) is 0. The number of ether oxygens (including phenoxy) is 1. The van der Waals surface area contributed by atoms with Crippen molar-refractivity contribution in [2.24, 2.45) is 0 Å². The predicted octanol–water partition coefficient (Wildman–Crippen LogP) is 3.15. The van der Waals surface area contributed by atoms with Crippen molar-refractivity contribution in [1.29, 1.82) is 0 Å². The number of carbonyl (C=O) groups is 1. The summed E-state index contributed by atoms with van der Waals surface area (Å²) in [7, 11) is 0. The summed E-state index contributed by atoms with van der Waals surface area (Å²) in [5, 5.41) is 0. The second-order valence-corrected chi connectivity index (χ2v) is 3.36. The second-order valence-electron chi connectivity index (χ2n) is 3.36. The van der Waals surface area contributed by atoms with Crippen LogP contribution in [0.25, 0.3) is 0 Å². The first kappa shape index (κ1) is 11.5. The van der Waals surface area contributed by atoms with E-state index < -0.39 is 0 Å². The zero-order valence-corrected chi connectivity index (χ0v) is 9.25. The van der Waals surface area contributed by atoms with Crippen LogP contribution in [-0.4, -0.2) is 12.4 Å². The van der Waals surface area contributed by atoms with Gasteiger partial charge in [0.15, 0.2) is 5.78 Å². The van der Waals surface area contributed by atoms with Crippen LogP contribution >= 0.6 is 0 Å². The van der Waals surface area contributed by atoms with Gasteiger partial charge in [-0.15, -0.1) is 0 Å². The number of benzene rings is 1. The Kier molecular flexibility index (Phi) is 4.10. The first-order valence-electron chi connectivity index (χ1n) is 5.06. The van der Waals surface area contributed by atoms with Crippen molar-refractivity contribution in [2.45, 2.75) is 20.3 Å². The maximum absolute atomic E-state index is 11.4. The van der Waals surface area contributed by atoms with E-state index in [1.807, 2.05) is 26.0 Å². The molecule has 0 unspecified atom stereocenters. The Labute approximate surface area is 90.6 Å². The maximum atomic E-state index is 11.4. The minimum Gasteiger partial charge on any atom is -0.489 e. The van der Waals surface area contributed by atoms with E-state index in [-0.39, 0.29) is 5.78 Å². The van der Waals surface area contributed by atoms with Gasteiger partial charge in [0.2, 0.25) is 0 Å². The van der Waals surface area contributed by atoms with Gasteiger partial charge in [0.05, 0.1) is 0 Å². The third kappa shape index (κ3) is 2.94. The molecule has 0 amide bonds. The lowest BCUT2D eigenvalue weighted by atomic mass is 10.1. The standard InChI is InChI=1S/C13H16O2/c1-4-8-15-13-7-6-11(9-10(13)3)12(14)5-2/h4,6-7,9H,1,5,8H2,2-3H3. The Hall–Kier alpha value is -1.57. The SMILES string of the molecule is C=CCOc1ccc(C(=O)CC)cc1C. The minimum absolute atomic E-state index is 0.161. The topological polar surface area (TPSA) is 26.3 Å². The number of Topliss-reactive ketones (excluding diaryl/α,β-unsaturated/α-hetero) is 1. The summed E-state index contributed by atoms with van der Waals surface area (Å²) in [6, 6.07) is 5.50. The molecule has 2 nitrogen and oxygen atoms in total. The van der Waals surface area contributed by atoms with E-state index in [2.05, 4.69) is 6.58 Å². The van der Waals surface area contributed by atoms with Gasteiger partial charge < -0.3 is 4.74 Å². The van der Waals surface area contributed by atoms with Crippen LogP contribution in [0.1, 0.15) is 29.3 Å². The van der Waals surface area contributed by atoms with Crippen LogP contribution in [0.3, 0.4) is 0 Å². The van der Waals surface area contributed by atoms with Crippen LogP contribution in [0.2, 0.25) is 0 Å². The Balaban J connectivity index is 2.87. The zero-order chi connectivity index (χ0) is 11.3. The molecule has 0 aromatic heterocycles. The molecule has 0 aliphatic rings. The van der Waals surface area contributed by atoms with Gasteiger partial charge in [-0.3, -0.25) is 4.79 Å². The van der Waals surface area contributed by atoms with Crippen molar-refractivity contribution in [3.63, 3.8) is 0 Å². The smallest absolute Gasteiger partial charge is 0.162 e. The van der Waals surface area contributed by atoms with Crippen molar-refractivity contribution >= 4 is 5.78 Å². The summed E-state index contributed by atoms with van der Waals surface area (Å²) >= 11 is 0. The fourth-order valence-electron chi connectivity index (χ4n) is 1.34. The number of hydrogen-bond acceptors (Lipinski definition) is 2. The van der Waals surface area contributed by atoms with Crippen LogP contribution in [0.4, 0.5) is 0 Å². The maximum Gasteiger partial charge on any atom is 0.162 e. The Morgan fingerprint density at radius 1 is 1.53 bits per heavy atom. The normalized spacial score (nSPS) is 9.73. The molecule has 0 aliphatic carbocycles. The number of carbonyl (C=O) groups excluding carboxylic acids is 1. The fraction of sp³-hybridized carbons (Fsp3) is 0.308. The Morgan fingerprint density at radius 3 is 2.80 bits per heavy atom. The molecule has 0 saturated heterocycles. The Morgan fingerprint density at radius 2 is 2.27 bits per heavy atom. The summed E-state index contributed by atoms with van der Waals surface area (Å²) in [5.74, 6) is 0.968. The van der Waals surface area contributed by atoms with Gasteiger partial charge in [-0.25, -0.2) is 0 Å². The lowest BCUT2D eigenvalue weighted by Gasteiger charge is -2.08. The summed E-state index contributed by atoms with van der Waals surface area (Å²) in [6.45, 7) is 7.87. The molecule has 1 rings (SSSR count). The zero-order valence-electron chi connectivity index (χ0n) is 9.25. The number of ketones is 1. The van der Waals surface area contributed by atoms with E-state index in [1.165, 1.54) is 0 Å². The predicted molar refractivity (Wildman–Crippen MR) is 61.5 cm³/mol. The molecule has 0 heterocycles. The van der Waals surface area contributed by atoms with Crippen molar-refractivity contribution in [3.05, 3.63) is 42.0 Å². The quantitative estimate of drug-likeness (QED) is 0.544. The van der Waals surface area contributed by atoms with Crippen molar-refractivity contribution in [1.82, 2.24) is 0 Å². The molecule has 1 aromatic carbocycles. The molecule has 0 bridgehead atoms. The van der Waals surface area contributed by atoms with E-state index in [0.29, 0.717) is 13.0 Å². The highest BCUT2D eigenvalue weighted by Gasteiger charge is 2.05. The molecule has 15 heavy (non-hydrogen) atoms. The summed E-state index contributed by atoms with van der Waals surface area (Å²) in [6.07, 6.45) is 2.23. The van der Waals surface area contributed by atoms with Gasteiger partial charge in [-0.05, 0) is 30.7 Å². The summed E-state index contributed by atoms with van der Waals surface area (Å²) < 4.78 is 5.42. The molecule has 1 aromatic rings. The molecule has 80 valence electrons. The molecule has 0 saturated carbocycles. The lowest BCUT2D eigenvalue weighted by molar-refractivity contribution is 0.0988. The fourth-order valence-corrected chi connectivity index (χ4v) is 1.34. The summed E-state index contributed by atoms with van der Waals surface area (Å²) in [4.78, 5) is 11.4. The van der Waals surface area contributed by atoms with Gasteiger partial charge in [0.1, 0.15) is 12.4 Å². The van der Waals surface area contributed by atoms with Crippen molar-refractivity contribution < 1.29 is 9.53 Å². The molecular formula is C13H16O2. The monoisotopic (exact) mass is 204 g/mol. The summed E-state index contributed by atoms with van der Waals surface area (Å²) in [5.41, 5.74) is 1.73. The van der Waals surface area contributed by atoms with Crippen LogP contribution in [0, 0.1) is 6.92 Å². The van der Waals surface area contributed by atoms with Gasteiger partial charge in [0, 0.05) is 12.0 Å². The van der Waals surface area contributed by atoms with Gasteiger partial charge in [-0.2, -0.15) is 0 Å². The third-order valence-corrected chi connectivity index (χ3v) is 2.17. The average molecular weight is 204 g/mol. The van der Waals surface area contributed by atoms with Crippen LogP contribution in [0.15, 0.2) is 30.9 Å². The van der Waals surface area contributed by atoms with E-state index in [4.69, 9.17) is 4.74 Å². The third-order valence-electron chi connectivity index (χ3n) is 2.17. The molecule has 0 radical (unpaired) electrons.